The van der Waals surface area contributed by atoms with Crippen LogP contribution in [0.1, 0.15) is 35.9 Å². The Morgan fingerprint density at radius 2 is 1.79 bits per heavy atom. The van der Waals surface area contributed by atoms with Crippen LogP contribution < -0.4 is 16.4 Å². The number of nitrogens with two attached hydrogens (primary N) is 1. The van der Waals surface area contributed by atoms with Gasteiger partial charge in [-0.15, -0.1) is 0 Å². The maximum atomic E-state index is 12.5. The van der Waals surface area contributed by atoms with Crippen LogP contribution in [0.15, 0.2) is 60.7 Å². The third-order valence-corrected chi connectivity index (χ3v) is 3.79. The van der Waals surface area contributed by atoms with Gasteiger partial charge < -0.3 is 21.8 Å². The summed E-state index contributed by atoms with van der Waals surface area (Å²) in [5.74, 6) is -0.656. The fraction of sp³-hybridized carbons (Fsp3) is 0.143. The number of nitrogens with one attached hydrogen (secondary N) is 3. The van der Waals surface area contributed by atoms with E-state index in [1.807, 2.05) is 6.92 Å². The van der Waals surface area contributed by atoms with Gasteiger partial charge in [0.25, 0.3) is 11.8 Å². The zero-order valence-electron chi connectivity index (χ0n) is 15.7. The molecule has 0 aliphatic carbocycles. The summed E-state index contributed by atoms with van der Waals surface area (Å²) >= 11 is 0. The molecule has 0 bridgehead atoms. The fourth-order valence-corrected chi connectivity index (χ4v) is 2.40. The van der Waals surface area contributed by atoms with Crippen LogP contribution in [0.4, 0.5) is 11.4 Å². The van der Waals surface area contributed by atoms with Gasteiger partial charge in [-0.3, -0.25) is 9.59 Å². The van der Waals surface area contributed by atoms with Gasteiger partial charge in [0.2, 0.25) is 0 Å². The van der Waals surface area contributed by atoms with Gasteiger partial charge >= 0.3 is 0 Å². The molecule has 0 fully saturated rings. The second kappa shape index (κ2) is 9.82. The molecular weight excluding hydrogens is 354 g/mol. The molecule has 0 aliphatic rings. The Kier molecular flexibility index (Phi) is 7.21. The number of carbonyl (C=O) groups is 2. The fourth-order valence-electron chi connectivity index (χ4n) is 2.40. The first-order valence-corrected chi connectivity index (χ1v) is 8.78. The Morgan fingerprint density at radius 1 is 1.14 bits per heavy atom. The van der Waals surface area contributed by atoms with Gasteiger partial charge in [0.05, 0.1) is 11.4 Å². The normalized spacial score (nSPS) is 10.8. The van der Waals surface area contributed by atoms with Crippen molar-refractivity contribution >= 4 is 35.1 Å². The summed E-state index contributed by atoms with van der Waals surface area (Å²) < 4.78 is 0. The second-order valence-electron chi connectivity index (χ2n) is 6.04. The van der Waals surface area contributed by atoms with E-state index in [-0.39, 0.29) is 11.6 Å². The van der Waals surface area contributed by atoms with Crippen LogP contribution in [0.5, 0.6) is 0 Å². The van der Waals surface area contributed by atoms with Crippen molar-refractivity contribution in [2.75, 3.05) is 10.6 Å². The van der Waals surface area contributed by atoms with E-state index in [1.54, 1.807) is 42.5 Å². The molecule has 0 spiro atoms. The van der Waals surface area contributed by atoms with Gasteiger partial charge in [-0.05, 0) is 42.8 Å². The summed E-state index contributed by atoms with van der Waals surface area (Å²) in [6.45, 7) is 5.75. The number of anilines is 2. The number of allylic oxidation sites excluding steroid dienone is 1. The van der Waals surface area contributed by atoms with E-state index in [1.165, 1.54) is 6.08 Å². The Bertz CT molecular complexity index is 934. The highest BCUT2D eigenvalue weighted by Gasteiger charge is 2.11. The minimum atomic E-state index is -0.414. The highest BCUT2D eigenvalue weighted by atomic mass is 16.2. The van der Waals surface area contributed by atoms with Gasteiger partial charge in [-0.25, -0.2) is 4.98 Å². The number of rotatable bonds is 8. The van der Waals surface area contributed by atoms with E-state index >= 15 is 0 Å². The molecule has 2 amide bonds. The number of hydrogen-bond donors (Lipinski definition) is 4. The molecule has 1 aromatic heterocycles. The van der Waals surface area contributed by atoms with Crippen LogP contribution in [-0.4, -0.2) is 23.0 Å². The molecule has 2 rings (SSSR count). The van der Waals surface area contributed by atoms with Crippen molar-refractivity contribution in [3.8, 4) is 0 Å². The van der Waals surface area contributed by atoms with Gasteiger partial charge in [0.1, 0.15) is 5.69 Å². The minimum Gasteiger partial charge on any atom is -0.397 e. The zero-order chi connectivity index (χ0) is 20.5. The van der Waals surface area contributed by atoms with Crippen LogP contribution in [0.2, 0.25) is 0 Å². The lowest BCUT2D eigenvalue weighted by atomic mass is 10.1. The molecule has 7 nitrogen and oxygen atoms in total. The predicted octanol–water partition coefficient (Wildman–Crippen LogP) is 3.58. The van der Waals surface area contributed by atoms with Crippen LogP contribution in [0, 0.1) is 5.41 Å². The first-order chi connectivity index (χ1) is 13.4. The smallest absolute Gasteiger partial charge is 0.274 e. The topological polar surface area (TPSA) is 121 Å². The van der Waals surface area contributed by atoms with Crippen molar-refractivity contribution in [3.63, 3.8) is 0 Å². The number of hydrogen-bond acceptors (Lipinski definition) is 5. The third-order valence-electron chi connectivity index (χ3n) is 3.79. The van der Waals surface area contributed by atoms with E-state index in [9.17, 15) is 9.59 Å². The summed E-state index contributed by atoms with van der Waals surface area (Å²) in [4.78, 5) is 28.8. The molecule has 1 heterocycles. The number of pyridine rings is 1. The predicted molar refractivity (Wildman–Crippen MR) is 112 cm³/mol. The molecule has 0 aliphatic heterocycles. The highest BCUT2D eigenvalue weighted by Crippen LogP contribution is 2.17. The lowest BCUT2D eigenvalue weighted by molar-refractivity contribution is -0.113. The first kappa shape index (κ1) is 20.6. The van der Waals surface area contributed by atoms with Gasteiger partial charge in [-0.2, -0.15) is 0 Å². The lowest BCUT2D eigenvalue weighted by Gasteiger charge is -2.10. The first-order valence-electron chi connectivity index (χ1n) is 8.78. The molecule has 0 saturated carbocycles. The molecule has 144 valence electrons. The van der Waals surface area contributed by atoms with Gasteiger partial charge in [0.15, 0.2) is 0 Å². The van der Waals surface area contributed by atoms with Crippen LogP contribution in [-0.2, 0) is 4.79 Å². The van der Waals surface area contributed by atoms with Crippen molar-refractivity contribution in [2.24, 2.45) is 5.73 Å². The van der Waals surface area contributed by atoms with E-state index in [0.29, 0.717) is 34.8 Å². The summed E-state index contributed by atoms with van der Waals surface area (Å²) in [7, 11) is 0. The minimum absolute atomic E-state index is 0.185. The van der Waals surface area contributed by atoms with Crippen LogP contribution in [0.3, 0.4) is 0 Å². The Labute approximate surface area is 163 Å². The lowest BCUT2D eigenvalue weighted by Crippen LogP contribution is -2.16. The monoisotopic (exact) mass is 377 g/mol. The van der Waals surface area contributed by atoms with E-state index in [0.717, 1.165) is 12.6 Å². The molecular formula is C21H23N5O2. The largest absolute Gasteiger partial charge is 0.397 e. The number of carbonyl (C=O) groups excluding carboxylic acids is 2. The third kappa shape index (κ3) is 5.63. The zero-order valence-corrected chi connectivity index (χ0v) is 15.7. The Morgan fingerprint density at radius 3 is 2.46 bits per heavy atom. The molecule has 0 radical (unpaired) electrons. The summed E-state index contributed by atoms with van der Waals surface area (Å²) in [5.41, 5.74) is 8.27. The van der Waals surface area contributed by atoms with Crippen molar-refractivity contribution in [1.29, 1.82) is 5.41 Å². The molecule has 0 unspecified atom stereocenters. The number of benzene rings is 1. The molecule has 5 N–H and O–H groups in total. The summed E-state index contributed by atoms with van der Waals surface area (Å²) in [6.07, 6.45) is 3.91. The Balaban J connectivity index is 2.12. The van der Waals surface area contributed by atoms with Gasteiger partial charge in [-0.1, -0.05) is 32.1 Å². The van der Waals surface area contributed by atoms with Crippen molar-refractivity contribution in [3.05, 3.63) is 72.1 Å². The van der Waals surface area contributed by atoms with E-state index in [2.05, 4.69) is 22.2 Å². The maximum Gasteiger partial charge on any atom is 0.274 e. The SMILES string of the molecule is C=C(CCC)C(=O)Nc1cccc(NC(=O)c2cccc(/C(N)=C/C=N)n2)c1. The second-order valence-corrected chi connectivity index (χ2v) is 6.04. The van der Waals surface area contributed by atoms with E-state index in [4.69, 9.17) is 11.1 Å². The Hall–Kier alpha value is -3.74. The quantitative estimate of drug-likeness (QED) is 0.415. The average molecular weight is 377 g/mol. The maximum absolute atomic E-state index is 12.5. The van der Waals surface area contributed by atoms with E-state index < -0.39 is 5.91 Å². The number of aromatic nitrogens is 1. The molecule has 0 atom stereocenters. The number of nitrogens with zero attached hydrogens (tertiary/aromatic N) is 1. The van der Waals surface area contributed by atoms with Gasteiger partial charge in [0, 0.05) is 23.2 Å². The standard InChI is InChI=1S/C21H23N5O2/c1-3-6-14(2)20(27)24-15-7-4-8-16(13-15)25-21(28)19-10-5-9-18(26-19)17(23)11-12-22/h4-5,7-13,22H,2-3,6,23H2,1H3,(H,24,27)(H,25,28)/b17-11-,22-12?. The number of amides is 2. The molecule has 0 saturated heterocycles. The highest BCUT2D eigenvalue weighted by molar-refractivity contribution is 6.05. The molecule has 7 heteroatoms. The van der Waals surface area contributed by atoms with Crippen molar-refractivity contribution in [1.82, 2.24) is 4.98 Å². The summed E-state index contributed by atoms with van der Waals surface area (Å²) in [6, 6.07) is 11.7. The van der Waals surface area contributed by atoms with Crippen molar-refractivity contribution in [2.45, 2.75) is 19.8 Å². The molecule has 1 aromatic carbocycles. The van der Waals surface area contributed by atoms with Crippen LogP contribution >= 0.6 is 0 Å². The molecule has 28 heavy (non-hydrogen) atoms. The summed E-state index contributed by atoms with van der Waals surface area (Å²) in [5, 5.41) is 12.6. The van der Waals surface area contributed by atoms with Crippen LogP contribution in [0.25, 0.3) is 5.70 Å². The van der Waals surface area contributed by atoms with Crippen molar-refractivity contribution < 1.29 is 9.59 Å². The molecule has 2 aromatic rings. The average Bonchev–Trinajstić information content (AvgIpc) is 2.68.